The molecule has 1 saturated carbocycles. The minimum atomic E-state index is -0.363. The molecule has 1 unspecified atom stereocenters. The number of aromatic nitrogens is 5. The molecule has 0 saturated heterocycles. The third-order valence-corrected chi connectivity index (χ3v) is 7.62. The maximum absolute atomic E-state index is 13.6. The van der Waals surface area contributed by atoms with Crippen LogP contribution in [0.15, 0.2) is 47.3 Å². The summed E-state index contributed by atoms with van der Waals surface area (Å²) in [7, 11) is 0. The van der Waals surface area contributed by atoms with Gasteiger partial charge in [-0.05, 0) is 52.9 Å². The van der Waals surface area contributed by atoms with Crippen molar-refractivity contribution >= 4 is 10.9 Å². The minimum Gasteiger partial charge on any atom is -0.454 e. The molecule has 2 aromatic carbocycles. The number of nitrogens with zero attached hydrogens (tertiary/aromatic N) is 5. The van der Waals surface area contributed by atoms with Gasteiger partial charge in [-0.1, -0.05) is 37.1 Å². The van der Waals surface area contributed by atoms with Gasteiger partial charge in [0.05, 0.1) is 11.6 Å². The molecule has 0 spiro atoms. The van der Waals surface area contributed by atoms with Gasteiger partial charge >= 0.3 is 0 Å². The number of hydrogen-bond donors (Lipinski definition) is 1. The molecule has 2 aromatic heterocycles. The maximum atomic E-state index is 13.6. The van der Waals surface area contributed by atoms with Crippen LogP contribution in [-0.2, 0) is 13.0 Å². The van der Waals surface area contributed by atoms with Gasteiger partial charge in [0, 0.05) is 30.1 Å². The van der Waals surface area contributed by atoms with E-state index in [-0.39, 0.29) is 24.4 Å². The lowest BCUT2D eigenvalue weighted by molar-refractivity contribution is 0.174. The van der Waals surface area contributed by atoms with Crippen molar-refractivity contribution in [2.45, 2.75) is 50.7 Å². The van der Waals surface area contributed by atoms with E-state index < -0.39 is 0 Å². The van der Waals surface area contributed by atoms with Gasteiger partial charge in [-0.25, -0.2) is 4.68 Å². The first-order valence-corrected chi connectivity index (χ1v) is 12.3. The van der Waals surface area contributed by atoms with Crippen LogP contribution in [0.4, 0.5) is 0 Å². The van der Waals surface area contributed by atoms with Crippen molar-refractivity contribution in [2.24, 2.45) is 0 Å². The van der Waals surface area contributed by atoms with Gasteiger partial charge in [0.25, 0.3) is 5.56 Å². The molecule has 4 heterocycles. The van der Waals surface area contributed by atoms with Crippen LogP contribution in [0.1, 0.15) is 60.3 Å². The highest BCUT2D eigenvalue weighted by Gasteiger charge is 2.34. The fraction of sp³-hybridized carbons (Fsp3) is 0.385. The molecule has 3 aliphatic rings. The lowest BCUT2D eigenvalue weighted by atomic mass is 9.95. The van der Waals surface area contributed by atoms with Crippen LogP contribution in [0.5, 0.6) is 11.5 Å². The second-order valence-corrected chi connectivity index (χ2v) is 9.66. The first-order chi connectivity index (χ1) is 17.2. The normalized spacial score (nSPS) is 18.7. The first-order valence-electron chi connectivity index (χ1n) is 12.3. The number of hydrogen-bond acceptors (Lipinski definition) is 7. The number of H-pyrrole nitrogens is 1. The zero-order valence-corrected chi connectivity index (χ0v) is 19.3. The van der Waals surface area contributed by atoms with Crippen molar-refractivity contribution in [3.8, 4) is 11.5 Å². The van der Waals surface area contributed by atoms with E-state index in [1.54, 1.807) is 0 Å². The van der Waals surface area contributed by atoms with Crippen LogP contribution in [0, 0.1) is 0 Å². The SMILES string of the molecule is O=c1[nH]c2cc3c(cc2cc1C(c1nnnn1C1CCCC1)N1CCc2ccccc2C1)OCO3. The second kappa shape index (κ2) is 8.20. The van der Waals surface area contributed by atoms with E-state index in [0.29, 0.717) is 17.1 Å². The van der Waals surface area contributed by atoms with Crippen LogP contribution in [0.25, 0.3) is 10.9 Å². The Morgan fingerprint density at radius 2 is 1.83 bits per heavy atom. The lowest BCUT2D eigenvalue weighted by Gasteiger charge is -2.35. The Balaban J connectivity index is 1.38. The van der Waals surface area contributed by atoms with Gasteiger partial charge in [-0.2, -0.15) is 0 Å². The Bertz CT molecular complexity index is 1470. The summed E-state index contributed by atoms with van der Waals surface area (Å²) in [6.07, 6.45) is 5.39. The van der Waals surface area contributed by atoms with Gasteiger partial charge in [-0.15, -0.1) is 5.10 Å². The van der Waals surface area contributed by atoms with E-state index in [1.807, 2.05) is 22.9 Å². The van der Waals surface area contributed by atoms with E-state index in [1.165, 1.54) is 24.0 Å². The average molecular weight is 471 g/mol. The molecule has 9 nitrogen and oxygen atoms in total. The largest absolute Gasteiger partial charge is 0.454 e. The maximum Gasteiger partial charge on any atom is 0.253 e. The summed E-state index contributed by atoms with van der Waals surface area (Å²) in [5, 5.41) is 13.9. The van der Waals surface area contributed by atoms with Gasteiger partial charge in [0.2, 0.25) is 6.79 Å². The Morgan fingerprint density at radius 3 is 2.69 bits per heavy atom. The summed E-state index contributed by atoms with van der Waals surface area (Å²) in [5.74, 6) is 2.08. The van der Waals surface area contributed by atoms with Crippen molar-refractivity contribution in [2.75, 3.05) is 13.3 Å². The van der Waals surface area contributed by atoms with Crippen molar-refractivity contribution < 1.29 is 9.47 Å². The van der Waals surface area contributed by atoms with Crippen LogP contribution >= 0.6 is 0 Å². The summed E-state index contributed by atoms with van der Waals surface area (Å²) in [6.45, 7) is 1.74. The van der Waals surface area contributed by atoms with Crippen molar-refractivity contribution in [1.82, 2.24) is 30.1 Å². The third kappa shape index (κ3) is 3.49. The molecule has 0 radical (unpaired) electrons. The molecule has 1 aliphatic carbocycles. The molecule has 1 N–H and O–H groups in total. The molecular weight excluding hydrogens is 444 g/mol. The monoisotopic (exact) mass is 470 g/mol. The van der Waals surface area contributed by atoms with Crippen molar-refractivity contribution in [1.29, 1.82) is 0 Å². The molecule has 178 valence electrons. The second-order valence-electron chi connectivity index (χ2n) is 9.66. The molecule has 1 fully saturated rings. The topological polar surface area (TPSA) is 98.2 Å². The number of tetrazole rings is 1. The molecular formula is C26H26N6O3. The highest BCUT2D eigenvalue weighted by Crippen LogP contribution is 2.38. The third-order valence-electron chi connectivity index (χ3n) is 7.62. The molecule has 2 aliphatic heterocycles. The molecule has 1 atom stereocenters. The summed E-state index contributed by atoms with van der Waals surface area (Å²) in [5.41, 5.74) is 3.87. The number of fused-ring (bicyclic) bond motifs is 3. The van der Waals surface area contributed by atoms with E-state index in [4.69, 9.17) is 9.47 Å². The molecule has 4 aromatic rings. The molecule has 0 bridgehead atoms. The van der Waals surface area contributed by atoms with Crippen LogP contribution in [-0.4, -0.2) is 43.4 Å². The molecule has 7 rings (SSSR count). The van der Waals surface area contributed by atoms with E-state index in [0.717, 1.165) is 49.1 Å². The Kier molecular flexibility index (Phi) is 4.83. The summed E-state index contributed by atoms with van der Waals surface area (Å²) >= 11 is 0. The fourth-order valence-corrected chi connectivity index (χ4v) is 5.84. The predicted octanol–water partition coefficient (Wildman–Crippen LogP) is 3.51. The summed E-state index contributed by atoms with van der Waals surface area (Å²) in [6, 6.07) is 14.2. The number of nitrogens with one attached hydrogen (secondary N) is 1. The zero-order valence-electron chi connectivity index (χ0n) is 19.3. The zero-order chi connectivity index (χ0) is 23.4. The number of rotatable bonds is 4. The quantitative estimate of drug-likeness (QED) is 0.487. The number of benzene rings is 2. The minimum absolute atomic E-state index is 0.138. The van der Waals surface area contributed by atoms with E-state index >= 15 is 0 Å². The lowest BCUT2D eigenvalue weighted by Crippen LogP contribution is -2.39. The van der Waals surface area contributed by atoms with E-state index in [9.17, 15) is 4.79 Å². The summed E-state index contributed by atoms with van der Waals surface area (Å²) < 4.78 is 13.1. The molecule has 0 amide bonds. The first kappa shape index (κ1) is 20.6. The van der Waals surface area contributed by atoms with Gasteiger partial charge in [-0.3, -0.25) is 9.69 Å². The van der Waals surface area contributed by atoms with E-state index in [2.05, 4.69) is 49.7 Å². The van der Waals surface area contributed by atoms with Crippen molar-refractivity contribution in [3.63, 3.8) is 0 Å². The summed E-state index contributed by atoms with van der Waals surface area (Å²) in [4.78, 5) is 19.0. The Labute approximate surface area is 201 Å². The fourth-order valence-electron chi connectivity index (χ4n) is 5.84. The Morgan fingerprint density at radius 1 is 1.03 bits per heavy atom. The van der Waals surface area contributed by atoms with Crippen LogP contribution in [0.3, 0.4) is 0 Å². The smallest absolute Gasteiger partial charge is 0.253 e. The average Bonchev–Trinajstić information content (AvgIpc) is 3.65. The van der Waals surface area contributed by atoms with Crippen molar-refractivity contribution in [3.05, 3.63) is 75.3 Å². The predicted molar refractivity (Wildman–Crippen MR) is 128 cm³/mol. The number of aromatic amines is 1. The molecule has 9 heteroatoms. The van der Waals surface area contributed by atoms with Gasteiger partial charge in [0.15, 0.2) is 17.3 Å². The Hall–Kier alpha value is -3.72. The number of pyridine rings is 1. The van der Waals surface area contributed by atoms with Crippen LogP contribution < -0.4 is 15.0 Å². The van der Waals surface area contributed by atoms with Gasteiger partial charge in [0.1, 0.15) is 6.04 Å². The van der Waals surface area contributed by atoms with Crippen LogP contribution in [0.2, 0.25) is 0 Å². The highest BCUT2D eigenvalue weighted by molar-refractivity contribution is 5.83. The standard InChI is InChI=1S/C26H26N6O3/c33-26-20(11-18-12-22-23(35-15-34-22)13-21(18)27-26)24(25-28-29-30-32(25)19-7-3-4-8-19)31-10-9-16-5-1-2-6-17(16)14-31/h1-2,5-6,11-13,19,24H,3-4,7-10,14-15H2,(H,27,33). The van der Waals surface area contributed by atoms with Gasteiger partial charge < -0.3 is 14.5 Å². The highest BCUT2D eigenvalue weighted by atomic mass is 16.7. The number of ether oxygens (including phenoxy) is 2. The molecule has 35 heavy (non-hydrogen) atoms.